The number of hydrogen-bond donors (Lipinski definition) is 2. The Kier molecular flexibility index (Phi) is 6.31. The van der Waals surface area contributed by atoms with Gasteiger partial charge in [0.25, 0.3) is 0 Å². The SMILES string of the molecule is CC(O)CC(C)(C)CNC(=O)Cc1cc(Cl)ccc1Cl. The highest BCUT2D eigenvalue weighted by molar-refractivity contribution is 6.33. The minimum absolute atomic E-state index is 0.104. The predicted molar refractivity (Wildman–Crippen MR) is 83.3 cm³/mol. The van der Waals surface area contributed by atoms with Gasteiger partial charge in [0.05, 0.1) is 12.5 Å². The molecule has 1 rings (SSSR count). The number of carbonyl (C=O) groups is 1. The van der Waals surface area contributed by atoms with Crippen LogP contribution in [0.1, 0.15) is 32.8 Å². The Morgan fingerprint density at radius 2 is 2.05 bits per heavy atom. The number of hydrogen-bond acceptors (Lipinski definition) is 2. The van der Waals surface area contributed by atoms with Gasteiger partial charge in [-0.05, 0) is 42.5 Å². The molecule has 0 saturated heterocycles. The first-order valence-electron chi connectivity index (χ1n) is 6.58. The Hall–Kier alpha value is -0.770. The maximum absolute atomic E-state index is 11.9. The molecule has 0 heterocycles. The van der Waals surface area contributed by atoms with Crippen molar-refractivity contribution in [2.24, 2.45) is 5.41 Å². The number of rotatable bonds is 6. The molecule has 1 amide bonds. The molecule has 20 heavy (non-hydrogen) atoms. The lowest BCUT2D eigenvalue weighted by atomic mass is 9.87. The van der Waals surface area contributed by atoms with Crippen molar-refractivity contribution < 1.29 is 9.90 Å². The summed E-state index contributed by atoms with van der Waals surface area (Å²) in [5.74, 6) is -0.104. The highest BCUT2D eigenvalue weighted by Gasteiger charge is 2.21. The van der Waals surface area contributed by atoms with E-state index >= 15 is 0 Å². The van der Waals surface area contributed by atoms with Crippen molar-refractivity contribution in [3.63, 3.8) is 0 Å². The lowest BCUT2D eigenvalue weighted by molar-refractivity contribution is -0.121. The van der Waals surface area contributed by atoms with Crippen LogP contribution in [0.25, 0.3) is 0 Å². The molecule has 0 spiro atoms. The van der Waals surface area contributed by atoms with E-state index in [0.29, 0.717) is 28.6 Å². The lowest BCUT2D eigenvalue weighted by Gasteiger charge is -2.26. The topological polar surface area (TPSA) is 49.3 Å². The second-order valence-corrected chi connectivity index (χ2v) is 6.75. The molecule has 0 aliphatic carbocycles. The van der Waals surface area contributed by atoms with Gasteiger partial charge >= 0.3 is 0 Å². The zero-order valence-electron chi connectivity index (χ0n) is 12.0. The predicted octanol–water partition coefficient (Wildman–Crippen LogP) is 3.45. The lowest BCUT2D eigenvalue weighted by Crippen LogP contribution is -2.36. The summed E-state index contributed by atoms with van der Waals surface area (Å²) in [7, 11) is 0. The van der Waals surface area contributed by atoms with Crippen LogP contribution in [0.15, 0.2) is 18.2 Å². The van der Waals surface area contributed by atoms with Crippen molar-refractivity contribution >= 4 is 29.1 Å². The van der Waals surface area contributed by atoms with Crippen molar-refractivity contribution in [1.29, 1.82) is 0 Å². The van der Waals surface area contributed by atoms with Crippen molar-refractivity contribution in [2.45, 2.75) is 39.7 Å². The molecule has 0 aromatic heterocycles. The van der Waals surface area contributed by atoms with Crippen LogP contribution in [0.4, 0.5) is 0 Å². The summed E-state index contributed by atoms with van der Waals surface area (Å²) >= 11 is 11.9. The van der Waals surface area contributed by atoms with Crippen molar-refractivity contribution in [3.8, 4) is 0 Å². The first-order valence-corrected chi connectivity index (χ1v) is 7.34. The van der Waals surface area contributed by atoms with Crippen LogP contribution in [0.3, 0.4) is 0 Å². The van der Waals surface area contributed by atoms with Gasteiger partial charge in [-0.15, -0.1) is 0 Å². The zero-order chi connectivity index (χ0) is 15.3. The van der Waals surface area contributed by atoms with Crippen molar-refractivity contribution in [3.05, 3.63) is 33.8 Å². The van der Waals surface area contributed by atoms with Crippen LogP contribution in [0.2, 0.25) is 10.0 Å². The molecule has 0 radical (unpaired) electrons. The molecule has 1 atom stereocenters. The number of nitrogens with one attached hydrogen (secondary N) is 1. The van der Waals surface area contributed by atoms with E-state index in [-0.39, 0.29) is 23.8 Å². The van der Waals surface area contributed by atoms with Gasteiger partial charge in [0.1, 0.15) is 0 Å². The number of benzene rings is 1. The molecule has 0 bridgehead atoms. The molecular weight excluding hydrogens is 297 g/mol. The van der Waals surface area contributed by atoms with Crippen molar-refractivity contribution in [2.75, 3.05) is 6.54 Å². The summed E-state index contributed by atoms with van der Waals surface area (Å²) < 4.78 is 0. The monoisotopic (exact) mass is 317 g/mol. The maximum Gasteiger partial charge on any atom is 0.224 e. The van der Waals surface area contributed by atoms with E-state index in [1.807, 2.05) is 13.8 Å². The molecule has 0 saturated carbocycles. The van der Waals surface area contributed by atoms with Gasteiger partial charge in [-0.3, -0.25) is 4.79 Å². The Morgan fingerprint density at radius 3 is 2.65 bits per heavy atom. The molecule has 1 aromatic rings. The number of amides is 1. The van der Waals surface area contributed by atoms with Crippen LogP contribution < -0.4 is 5.32 Å². The quantitative estimate of drug-likeness (QED) is 0.844. The summed E-state index contributed by atoms with van der Waals surface area (Å²) in [6.07, 6.45) is 0.444. The third kappa shape index (κ3) is 6.12. The average molecular weight is 318 g/mol. The summed E-state index contributed by atoms with van der Waals surface area (Å²) in [5.41, 5.74) is 0.562. The molecule has 5 heteroatoms. The van der Waals surface area contributed by atoms with Gasteiger partial charge in [-0.1, -0.05) is 37.0 Å². The fraction of sp³-hybridized carbons (Fsp3) is 0.533. The number of aliphatic hydroxyl groups is 1. The average Bonchev–Trinajstić information content (AvgIpc) is 2.30. The number of carbonyl (C=O) groups excluding carboxylic acids is 1. The minimum atomic E-state index is -0.385. The summed E-state index contributed by atoms with van der Waals surface area (Å²) in [6.45, 7) is 6.27. The van der Waals surface area contributed by atoms with E-state index in [9.17, 15) is 9.90 Å². The Balaban J connectivity index is 2.54. The van der Waals surface area contributed by atoms with Gasteiger partial charge in [-0.25, -0.2) is 0 Å². The third-order valence-electron chi connectivity index (χ3n) is 2.97. The molecule has 1 unspecified atom stereocenters. The molecule has 0 fully saturated rings. The van der Waals surface area contributed by atoms with Gasteiger partial charge in [0.2, 0.25) is 5.91 Å². The highest BCUT2D eigenvalue weighted by Crippen LogP contribution is 2.22. The van der Waals surface area contributed by atoms with Crippen LogP contribution in [0.5, 0.6) is 0 Å². The molecule has 0 aliphatic heterocycles. The summed E-state index contributed by atoms with van der Waals surface area (Å²) in [5, 5.41) is 13.4. The Bertz CT molecular complexity index is 473. The first kappa shape index (κ1) is 17.3. The molecule has 2 N–H and O–H groups in total. The molecule has 1 aromatic carbocycles. The molecule has 3 nitrogen and oxygen atoms in total. The molecule has 112 valence electrons. The van der Waals surface area contributed by atoms with E-state index in [2.05, 4.69) is 5.32 Å². The van der Waals surface area contributed by atoms with E-state index in [4.69, 9.17) is 23.2 Å². The van der Waals surface area contributed by atoms with E-state index in [1.165, 1.54) is 0 Å². The van der Waals surface area contributed by atoms with E-state index in [0.717, 1.165) is 0 Å². The third-order valence-corrected chi connectivity index (χ3v) is 3.57. The number of halogens is 2. The fourth-order valence-corrected chi connectivity index (χ4v) is 2.50. The maximum atomic E-state index is 11.9. The van der Waals surface area contributed by atoms with Gasteiger partial charge in [-0.2, -0.15) is 0 Å². The fourth-order valence-electron chi connectivity index (χ4n) is 2.12. The molecule has 0 aliphatic rings. The second kappa shape index (κ2) is 7.30. The Labute approximate surface area is 130 Å². The van der Waals surface area contributed by atoms with Crippen molar-refractivity contribution in [1.82, 2.24) is 5.32 Å². The van der Waals surface area contributed by atoms with Gasteiger partial charge < -0.3 is 10.4 Å². The standard InChI is InChI=1S/C15H21Cl2NO2/c1-10(19)8-15(2,3)9-18-14(20)7-11-6-12(16)4-5-13(11)17/h4-6,10,19H,7-9H2,1-3H3,(H,18,20). The smallest absolute Gasteiger partial charge is 0.224 e. The zero-order valence-corrected chi connectivity index (χ0v) is 13.6. The summed E-state index contributed by atoms with van der Waals surface area (Å²) in [6, 6.07) is 5.07. The normalized spacial score (nSPS) is 13.1. The van der Waals surface area contributed by atoms with Crippen LogP contribution >= 0.6 is 23.2 Å². The van der Waals surface area contributed by atoms with E-state index < -0.39 is 0 Å². The highest BCUT2D eigenvalue weighted by atomic mass is 35.5. The van der Waals surface area contributed by atoms with Crippen LogP contribution in [-0.4, -0.2) is 23.7 Å². The van der Waals surface area contributed by atoms with Gasteiger partial charge in [0, 0.05) is 16.6 Å². The molecular formula is C15H21Cl2NO2. The Morgan fingerprint density at radius 1 is 1.40 bits per heavy atom. The van der Waals surface area contributed by atoms with Crippen LogP contribution in [0, 0.1) is 5.41 Å². The largest absolute Gasteiger partial charge is 0.393 e. The van der Waals surface area contributed by atoms with Crippen LogP contribution in [-0.2, 0) is 11.2 Å². The summed E-state index contributed by atoms with van der Waals surface area (Å²) in [4.78, 5) is 11.9. The van der Waals surface area contributed by atoms with E-state index in [1.54, 1.807) is 25.1 Å². The first-order chi connectivity index (χ1) is 9.19. The van der Waals surface area contributed by atoms with Gasteiger partial charge in [0.15, 0.2) is 0 Å². The minimum Gasteiger partial charge on any atom is -0.393 e. The second-order valence-electron chi connectivity index (χ2n) is 5.91. The number of aliphatic hydroxyl groups excluding tert-OH is 1.